The second-order valence-corrected chi connectivity index (χ2v) is 5.02. The normalized spacial score (nSPS) is 11.2. The number of rotatable bonds is 4. The molecule has 5 heteroatoms. The van der Waals surface area contributed by atoms with E-state index >= 15 is 0 Å². The summed E-state index contributed by atoms with van der Waals surface area (Å²) in [5, 5.41) is 3.27. The Morgan fingerprint density at radius 1 is 1.20 bits per heavy atom. The summed E-state index contributed by atoms with van der Waals surface area (Å²) in [5.41, 5.74) is 1.86. The van der Waals surface area contributed by atoms with Crippen molar-refractivity contribution in [3.63, 3.8) is 0 Å². The first kappa shape index (κ1) is 16.0. The number of hydrogen-bond acceptors (Lipinski definition) is 2. The van der Waals surface area contributed by atoms with E-state index in [4.69, 9.17) is 0 Å². The van der Waals surface area contributed by atoms with Crippen LogP contribution >= 0.6 is 0 Å². The topological polar surface area (TPSA) is 47.9 Å². The molecule has 1 amide bonds. The van der Waals surface area contributed by atoms with Crippen LogP contribution in [0.3, 0.4) is 0 Å². The van der Waals surface area contributed by atoms with Crippen molar-refractivity contribution in [3.05, 3.63) is 35.4 Å². The van der Waals surface area contributed by atoms with Crippen molar-refractivity contribution in [3.8, 4) is 0 Å². The van der Waals surface area contributed by atoms with Gasteiger partial charge in [0.15, 0.2) is 5.96 Å². The van der Waals surface area contributed by atoms with E-state index in [-0.39, 0.29) is 5.91 Å². The molecule has 0 aliphatic rings. The number of carbonyl (C=O) groups excluding carboxylic acids is 1. The van der Waals surface area contributed by atoms with Gasteiger partial charge in [0.25, 0.3) is 5.91 Å². The average molecular weight is 276 g/mol. The van der Waals surface area contributed by atoms with Crippen LogP contribution in [-0.2, 0) is 6.42 Å². The molecular weight excluding hydrogens is 252 g/mol. The molecule has 0 saturated heterocycles. The van der Waals surface area contributed by atoms with E-state index in [1.54, 1.807) is 26.0 Å². The molecule has 20 heavy (non-hydrogen) atoms. The summed E-state index contributed by atoms with van der Waals surface area (Å²) in [4.78, 5) is 19.6. The molecule has 1 aromatic carbocycles. The number of benzene rings is 1. The Hall–Kier alpha value is -2.04. The van der Waals surface area contributed by atoms with Gasteiger partial charge in [-0.15, -0.1) is 0 Å². The molecule has 0 aliphatic heterocycles. The summed E-state index contributed by atoms with van der Waals surface area (Å²) in [6, 6.07) is 7.75. The first-order valence-electron chi connectivity index (χ1n) is 6.64. The third-order valence-electron chi connectivity index (χ3n) is 2.91. The molecule has 5 nitrogen and oxygen atoms in total. The van der Waals surface area contributed by atoms with Gasteiger partial charge in [0.2, 0.25) is 0 Å². The summed E-state index contributed by atoms with van der Waals surface area (Å²) in [7, 11) is 9.19. The van der Waals surface area contributed by atoms with Crippen LogP contribution in [0.4, 0.5) is 0 Å². The minimum atomic E-state index is 0.0314. The molecule has 1 N–H and O–H groups in total. The molecule has 1 aromatic rings. The quantitative estimate of drug-likeness (QED) is 0.661. The molecule has 0 atom stereocenters. The molecule has 0 spiro atoms. The zero-order valence-corrected chi connectivity index (χ0v) is 13.0. The maximum atomic E-state index is 11.9. The third kappa shape index (κ3) is 4.57. The molecule has 0 saturated carbocycles. The third-order valence-corrected chi connectivity index (χ3v) is 2.91. The van der Waals surface area contributed by atoms with Crippen LogP contribution in [0.25, 0.3) is 0 Å². The molecule has 1 rings (SSSR count). The minimum absolute atomic E-state index is 0.0314. The monoisotopic (exact) mass is 276 g/mol. The van der Waals surface area contributed by atoms with Crippen molar-refractivity contribution in [1.29, 1.82) is 0 Å². The van der Waals surface area contributed by atoms with Crippen LogP contribution in [0.1, 0.15) is 15.9 Å². The van der Waals surface area contributed by atoms with Crippen molar-refractivity contribution in [2.75, 3.05) is 41.8 Å². The van der Waals surface area contributed by atoms with Gasteiger partial charge in [-0.05, 0) is 24.1 Å². The Labute approximate surface area is 121 Å². The SMILES string of the molecule is CN=C(NCCc1cccc(C(=O)N(C)C)c1)N(C)C. The average Bonchev–Trinajstić information content (AvgIpc) is 2.42. The fourth-order valence-corrected chi connectivity index (χ4v) is 1.87. The molecule has 0 aromatic heterocycles. The van der Waals surface area contributed by atoms with Crippen LogP contribution in [0.2, 0.25) is 0 Å². The van der Waals surface area contributed by atoms with Crippen LogP contribution in [0.5, 0.6) is 0 Å². The van der Waals surface area contributed by atoms with E-state index in [2.05, 4.69) is 10.3 Å². The van der Waals surface area contributed by atoms with Crippen LogP contribution in [-0.4, -0.2) is 63.4 Å². The van der Waals surface area contributed by atoms with Crippen molar-refractivity contribution in [2.45, 2.75) is 6.42 Å². The Kier molecular flexibility index (Phi) is 6.03. The smallest absolute Gasteiger partial charge is 0.253 e. The van der Waals surface area contributed by atoms with Gasteiger partial charge in [0.05, 0.1) is 0 Å². The summed E-state index contributed by atoms with van der Waals surface area (Å²) in [6.07, 6.45) is 0.849. The summed E-state index contributed by atoms with van der Waals surface area (Å²) >= 11 is 0. The fraction of sp³-hybridized carbons (Fsp3) is 0.467. The summed E-state index contributed by atoms with van der Waals surface area (Å²) in [5.74, 6) is 0.884. The van der Waals surface area contributed by atoms with Gasteiger partial charge in [-0.3, -0.25) is 9.79 Å². The van der Waals surface area contributed by atoms with Crippen LogP contribution in [0, 0.1) is 0 Å². The van der Waals surface area contributed by atoms with Crippen molar-refractivity contribution in [1.82, 2.24) is 15.1 Å². The largest absolute Gasteiger partial charge is 0.356 e. The van der Waals surface area contributed by atoms with E-state index in [9.17, 15) is 4.79 Å². The second kappa shape index (κ2) is 7.53. The predicted molar refractivity (Wildman–Crippen MR) is 83.2 cm³/mol. The Morgan fingerprint density at radius 3 is 2.45 bits per heavy atom. The molecule has 110 valence electrons. The zero-order chi connectivity index (χ0) is 15.1. The highest BCUT2D eigenvalue weighted by Crippen LogP contribution is 2.07. The molecule has 0 radical (unpaired) electrons. The molecule has 0 unspecified atom stereocenters. The predicted octanol–water partition coefficient (Wildman–Crippen LogP) is 1.07. The van der Waals surface area contributed by atoms with E-state index in [1.165, 1.54) is 0 Å². The lowest BCUT2D eigenvalue weighted by Crippen LogP contribution is -2.37. The first-order chi connectivity index (χ1) is 9.45. The van der Waals surface area contributed by atoms with Gasteiger partial charge >= 0.3 is 0 Å². The lowest BCUT2D eigenvalue weighted by Gasteiger charge is -2.17. The van der Waals surface area contributed by atoms with E-state index < -0.39 is 0 Å². The van der Waals surface area contributed by atoms with Gasteiger partial charge in [0, 0.05) is 47.3 Å². The number of aliphatic imine (C=N–C) groups is 1. The number of carbonyl (C=O) groups is 1. The maximum Gasteiger partial charge on any atom is 0.253 e. The lowest BCUT2D eigenvalue weighted by atomic mass is 10.1. The Balaban J connectivity index is 2.61. The number of hydrogen-bond donors (Lipinski definition) is 1. The number of nitrogens with one attached hydrogen (secondary N) is 1. The van der Waals surface area contributed by atoms with E-state index in [1.807, 2.05) is 43.3 Å². The second-order valence-electron chi connectivity index (χ2n) is 5.02. The van der Waals surface area contributed by atoms with Crippen molar-refractivity contribution >= 4 is 11.9 Å². The van der Waals surface area contributed by atoms with Crippen LogP contribution in [0.15, 0.2) is 29.3 Å². The molecule has 0 heterocycles. The summed E-state index contributed by atoms with van der Waals surface area (Å²) < 4.78 is 0. The van der Waals surface area contributed by atoms with Gasteiger partial charge < -0.3 is 15.1 Å². The fourth-order valence-electron chi connectivity index (χ4n) is 1.87. The van der Waals surface area contributed by atoms with Crippen molar-refractivity contribution < 1.29 is 4.79 Å². The van der Waals surface area contributed by atoms with Gasteiger partial charge in [-0.2, -0.15) is 0 Å². The highest BCUT2D eigenvalue weighted by Gasteiger charge is 2.08. The highest BCUT2D eigenvalue weighted by atomic mass is 16.2. The molecule has 0 fully saturated rings. The standard InChI is InChI=1S/C15H24N4O/c1-16-15(19(4)5)17-10-9-12-7-6-8-13(11-12)14(20)18(2)3/h6-8,11H,9-10H2,1-5H3,(H,16,17). The summed E-state index contributed by atoms with van der Waals surface area (Å²) in [6.45, 7) is 0.782. The van der Waals surface area contributed by atoms with E-state index in [0.717, 1.165) is 30.1 Å². The molecule has 0 bridgehead atoms. The maximum absolute atomic E-state index is 11.9. The number of nitrogens with zero attached hydrogens (tertiary/aromatic N) is 3. The molecule has 0 aliphatic carbocycles. The first-order valence-corrected chi connectivity index (χ1v) is 6.64. The van der Waals surface area contributed by atoms with Gasteiger partial charge in [-0.1, -0.05) is 12.1 Å². The minimum Gasteiger partial charge on any atom is -0.356 e. The number of amides is 1. The van der Waals surface area contributed by atoms with Gasteiger partial charge in [0.1, 0.15) is 0 Å². The number of guanidine groups is 1. The molecular formula is C15H24N4O. The lowest BCUT2D eigenvalue weighted by molar-refractivity contribution is 0.0827. The van der Waals surface area contributed by atoms with Gasteiger partial charge in [-0.25, -0.2) is 0 Å². The van der Waals surface area contributed by atoms with Crippen LogP contribution < -0.4 is 5.32 Å². The Morgan fingerprint density at radius 2 is 1.90 bits per heavy atom. The van der Waals surface area contributed by atoms with Crippen molar-refractivity contribution in [2.24, 2.45) is 4.99 Å². The highest BCUT2D eigenvalue weighted by molar-refractivity contribution is 5.94. The van der Waals surface area contributed by atoms with E-state index in [0.29, 0.717) is 0 Å². The zero-order valence-electron chi connectivity index (χ0n) is 13.0. The Bertz CT molecular complexity index is 481.